The van der Waals surface area contributed by atoms with Crippen molar-refractivity contribution in [2.24, 2.45) is 5.73 Å². The number of hydrogen-bond donors (Lipinski definition) is 2. The molecule has 0 bridgehead atoms. The number of Topliss-reactive ketones (excluding diaryl/α,β-unsaturated/α-hetero) is 1. The van der Waals surface area contributed by atoms with E-state index in [-0.39, 0.29) is 48.3 Å². The predicted octanol–water partition coefficient (Wildman–Crippen LogP) is 2.85. The summed E-state index contributed by atoms with van der Waals surface area (Å²) < 4.78 is 18.4. The molecular formula is C17H26ClFN2O3. The topological polar surface area (TPSA) is 81.4 Å². The first kappa shape index (κ1) is 22.3. The van der Waals surface area contributed by atoms with E-state index in [1.165, 1.54) is 19.2 Å². The van der Waals surface area contributed by atoms with E-state index < -0.39 is 11.4 Å². The zero-order valence-corrected chi connectivity index (χ0v) is 15.2. The fraction of sp³-hybridized carbons (Fsp3) is 0.529. The zero-order valence-electron chi connectivity index (χ0n) is 14.4. The van der Waals surface area contributed by atoms with Crippen LogP contribution in [0.1, 0.15) is 49.9 Å². The van der Waals surface area contributed by atoms with Crippen LogP contribution < -0.4 is 15.8 Å². The van der Waals surface area contributed by atoms with Crippen LogP contribution in [0.3, 0.4) is 0 Å². The van der Waals surface area contributed by atoms with Crippen LogP contribution in [0.5, 0.6) is 5.75 Å². The number of benzene rings is 1. The van der Waals surface area contributed by atoms with Gasteiger partial charge in [-0.25, -0.2) is 4.39 Å². The first-order valence-electron chi connectivity index (χ1n) is 7.79. The molecule has 1 rings (SSSR count). The number of nitrogens with one attached hydrogen (secondary N) is 1. The third-order valence-electron chi connectivity index (χ3n) is 4.20. The number of halogens is 2. The highest BCUT2D eigenvalue weighted by Crippen LogP contribution is 2.19. The molecule has 0 aliphatic rings. The molecule has 0 aliphatic heterocycles. The average Bonchev–Trinajstić information content (AvgIpc) is 2.57. The molecule has 0 radical (unpaired) electrons. The van der Waals surface area contributed by atoms with Crippen molar-refractivity contribution in [3.8, 4) is 5.75 Å². The maximum Gasteiger partial charge on any atom is 0.220 e. The molecule has 0 saturated heterocycles. The van der Waals surface area contributed by atoms with Crippen LogP contribution in [-0.4, -0.2) is 30.9 Å². The van der Waals surface area contributed by atoms with Gasteiger partial charge in [0.15, 0.2) is 17.3 Å². The smallest absolute Gasteiger partial charge is 0.220 e. The highest BCUT2D eigenvalue weighted by Gasteiger charge is 2.26. The van der Waals surface area contributed by atoms with Gasteiger partial charge in [-0.15, -0.1) is 12.4 Å². The molecule has 0 atom stereocenters. The minimum absolute atomic E-state index is 0. The molecule has 136 valence electrons. The molecule has 5 nitrogen and oxygen atoms in total. The summed E-state index contributed by atoms with van der Waals surface area (Å²) in [5, 5.41) is 2.91. The third kappa shape index (κ3) is 5.76. The Labute approximate surface area is 148 Å². The Morgan fingerprint density at radius 1 is 1.25 bits per heavy atom. The number of methoxy groups -OCH3 is 1. The molecule has 0 unspecified atom stereocenters. The van der Waals surface area contributed by atoms with Gasteiger partial charge in [0.2, 0.25) is 5.91 Å². The van der Waals surface area contributed by atoms with Crippen LogP contribution in [-0.2, 0) is 4.79 Å². The van der Waals surface area contributed by atoms with E-state index in [1.54, 1.807) is 0 Å². The highest BCUT2D eigenvalue weighted by molar-refractivity contribution is 5.98. The lowest BCUT2D eigenvalue weighted by Crippen LogP contribution is -2.52. The number of carbonyl (C=O) groups is 2. The number of hydrogen-bond acceptors (Lipinski definition) is 4. The molecule has 1 aromatic rings. The van der Waals surface area contributed by atoms with E-state index in [0.717, 1.165) is 18.9 Å². The molecule has 7 heteroatoms. The van der Waals surface area contributed by atoms with E-state index in [2.05, 4.69) is 5.32 Å². The zero-order chi connectivity index (χ0) is 17.5. The molecule has 3 N–H and O–H groups in total. The van der Waals surface area contributed by atoms with Gasteiger partial charge in [-0.2, -0.15) is 0 Å². The standard InChI is InChI=1S/C17H25FN2O3.ClH/c1-4-17(5-2,11-19)20-16(22)9-7-14(21)12-6-8-15(23-3)13(18)10-12;/h6,8,10H,4-5,7,9,11,19H2,1-3H3,(H,20,22);1H. The highest BCUT2D eigenvalue weighted by atomic mass is 35.5. The molecule has 0 fully saturated rings. The van der Waals surface area contributed by atoms with Gasteiger partial charge in [-0.05, 0) is 31.0 Å². The Kier molecular flexibility index (Phi) is 9.55. The van der Waals surface area contributed by atoms with Crippen molar-refractivity contribution in [1.29, 1.82) is 0 Å². The van der Waals surface area contributed by atoms with Gasteiger partial charge in [-0.1, -0.05) is 13.8 Å². The van der Waals surface area contributed by atoms with E-state index in [9.17, 15) is 14.0 Å². The summed E-state index contributed by atoms with van der Waals surface area (Å²) in [5.41, 5.74) is 5.54. The molecule has 0 heterocycles. The van der Waals surface area contributed by atoms with Crippen molar-refractivity contribution >= 4 is 24.1 Å². The monoisotopic (exact) mass is 360 g/mol. The Morgan fingerprint density at radius 2 is 1.88 bits per heavy atom. The van der Waals surface area contributed by atoms with E-state index in [0.29, 0.717) is 6.54 Å². The molecule has 0 aromatic heterocycles. The largest absolute Gasteiger partial charge is 0.494 e. The number of rotatable bonds is 9. The number of carbonyl (C=O) groups excluding carboxylic acids is 2. The number of ketones is 1. The first-order chi connectivity index (χ1) is 10.9. The Bertz CT molecular complexity index is 555. The van der Waals surface area contributed by atoms with Crippen LogP contribution in [0.25, 0.3) is 0 Å². The number of nitrogens with two attached hydrogens (primary N) is 1. The van der Waals surface area contributed by atoms with Crippen LogP contribution in [0, 0.1) is 5.82 Å². The van der Waals surface area contributed by atoms with Gasteiger partial charge in [0, 0.05) is 24.9 Å². The predicted molar refractivity (Wildman–Crippen MR) is 94.3 cm³/mol. The summed E-state index contributed by atoms with van der Waals surface area (Å²) in [6, 6.07) is 4.02. The summed E-state index contributed by atoms with van der Waals surface area (Å²) in [7, 11) is 1.36. The maximum absolute atomic E-state index is 13.6. The summed E-state index contributed by atoms with van der Waals surface area (Å²) in [5.74, 6) is -1.02. The summed E-state index contributed by atoms with van der Waals surface area (Å²) >= 11 is 0. The third-order valence-corrected chi connectivity index (χ3v) is 4.20. The van der Waals surface area contributed by atoms with Crippen LogP contribution in [0.15, 0.2) is 18.2 Å². The fourth-order valence-electron chi connectivity index (χ4n) is 2.34. The Hall–Kier alpha value is -1.66. The molecule has 0 aliphatic carbocycles. The van der Waals surface area contributed by atoms with E-state index in [1.807, 2.05) is 13.8 Å². The summed E-state index contributed by atoms with van der Waals surface area (Å²) in [6.07, 6.45) is 1.52. The summed E-state index contributed by atoms with van der Waals surface area (Å²) in [6.45, 7) is 4.27. The molecule has 0 spiro atoms. The summed E-state index contributed by atoms with van der Waals surface area (Å²) in [4.78, 5) is 24.1. The molecule has 24 heavy (non-hydrogen) atoms. The Balaban J connectivity index is 0.00000529. The normalized spacial score (nSPS) is 10.7. The molecule has 0 saturated carbocycles. The molecule has 1 aromatic carbocycles. The van der Waals surface area contributed by atoms with Gasteiger partial charge in [-0.3, -0.25) is 9.59 Å². The van der Waals surface area contributed by atoms with Gasteiger partial charge >= 0.3 is 0 Å². The van der Waals surface area contributed by atoms with Crippen LogP contribution in [0.2, 0.25) is 0 Å². The van der Waals surface area contributed by atoms with Crippen molar-refractivity contribution in [2.75, 3.05) is 13.7 Å². The lowest BCUT2D eigenvalue weighted by molar-refractivity contribution is -0.123. The first-order valence-corrected chi connectivity index (χ1v) is 7.79. The lowest BCUT2D eigenvalue weighted by Gasteiger charge is -2.31. The minimum Gasteiger partial charge on any atom is -0.494 e. The fourth-order valence-corrected chi connectivity index (χ4v) is 2.34. The van der Waals surface area contributed by atoms with Crippen molar-refractivity contribution in [1.82, 2.24) is 5.32 Å². The van der Waals surface area contributed by atoms with Crippen molar-refractivity contribution in [3.05, 3.63) is 29.6 Å². The second kappa shape index (κ2) is 10.3. The van der Waals surface area contributed by atoms with Gasteiger partial charge in [0.05, 0.1) is 12.6 Å². The quantitative estimate of drug-likeness (QED) is 0.663. The average molecular weight is 361 g/mol. The van der Waals surface area contributed by atoms with Crippen molar-refractivity contribution in [2.45, 2.75) is 45.1 Å². The van der Waals surface area contributed by atoms with Crippen molar-refractivity contribution in [3.63, 3.8) is 0 Å². The second-order valence-electron chi connectivity index (χ2n) is 5.51. The SMILES string of the molecule is CCC(CC)(CN)NC(=O)CCC(=O)c1ccc(OC)c(F)c1.Cl. The molecular weight excluding hydrogens is 335 g/mol. The van der Waals surface area contributed by atoms with Gasteiger partial charge in [0.25, 0.3) is 0 Å². The second-order valence-corrected chi connectivity index (χ2v) is 5.51. The Morgan fingerprint density at radius 3 is 2.33 bits per heavy atom. The van der Waals surface area contributed by atoms with E-state index in [4.69, 9.17) is 10.5 Å². The van der Waals surface area contributed by atoms with Gasteiger partial charge < -0.3 is 15.8 Å². The molecule has 1 amide bonds. The maximum atomic E-state index is 13.6. The van der Waals surface area contributed by atoms with Gasteiger partial charge in [0.1, 0.15) is 0 Å². The minimum atomic E-state index is -0.595. The van der Waals surface area contributed by atoms with E-state index >= 15 is 0 Å². The van der Waals surface area contributed by atoms with Crippen molar-refractivity contribution < 1.29 is 18.7 Å². The number of ether oxygens (including phenoxy) is 1. The number of amides is 1. The lowest BCUT2D eigenvalue weighted by atomic mass is 9.92. The van der Waals surface area contributed by atoms with Crippen LogP contribution in [0.4, 0.5) is 4.39 Å². The van der Waals surface area contributed by atoms with Crippen LogP contribution >= 0.6 is 12.4 Å².